The van der Waals surface area contributed by atoms with Crippen molar-refractivity contribution >= 4 is 45.7 Å². The third kappa shape index (κ3) is 2.74. The average molecular weight is 445 g/mol. The molecule has 0 saturated heterocycles. The Kier molecular flexibility index (Phi) is 3.87. The van der Waals surface area contributed by atoms with Gasteiger partial charge in [0.15, 0.2) is 0 Å². The first-order chi connectivity index (χ1) is 12.0. The maximum absolute atomic E-state index is 13.2. The molecule has 4 N–H and O–H groups in total. The van der Waals surface area contributed by atoms with Gasteiger partial charge in [0, 0.05) is 27.1 Å². The first-order valence-electron chi connectivity index (χ1n) is 7.85. The monoisotopic (exact) mass is 445 g/mol. The number of halogens is 1. The molecule has 7 heteroatoms. The van der Waals surface area contributed by atoms with Crippen molar-refractivity contribution in [1.29, 1.82) is 0 Å². The maximum atomic E-state index is 13.2. The highest BCUT2D eigenvalue weighted by atomic mass is 127. The van der Waals surface area contributed by atoms with E-state index in [-0.39, 0.29) is 5.91 Å². The summed E-state index contributed by atoms with van der Waals surface area (Å²) in [5.74, 6) is 0.294. The Morgan fingerprint density at radius 2 is 1.80 bits per heavy atom. The molecule has 2 aromatic carbocycles. The summed E-state index contributed by atoms with van der Waals surface area (Å²) in [6.45, 7) is 0.583. The van der Waals surface area contributed by atoms with E-state index in [1.54, 1.807) is 21.7 Å². The topological polar surface area (TPSA) is 90.2 Å². The summed E-state index contributed by atoms with van der Waals surface area (Å²) in [4.78, 5) is 14.9. The predicted octanol–water partition coefficient (Wildman–Crippen LogP) is 2.84. The van der Waals surface area contributed by atoms with Crippen LogP contribution in [0.1, 0.15) is 16.1 Å². The normalized spacial score (nSPS) is 13.8. The van der Waals surface area contributed by atoms with Gasteiger partial charge in [0.1, 0.15) is 11.5 Å². The van der Waals surface area contributed by atoms with Crippen molar-refractivity contribution in [1.82, 2.24) is 9.78 Å². The SMILES string of the molecule is Nc1cccc(-n2nc(N)c3c2C(=O)N(c2ccc(I)cc2)CC3)c1. The number of nitrogens with two attached hydrogens (primary N) is 2. The van der Waals surface area contributed by atoms with Gasteiger partial charge in [0.25, 0.3) is 5.91 Å². The summed E-state index contributed by atoms with van der Waals surface area (Å²) in [6, 6.07) is 15.2. The van der Waals surface area contributed by atoms with Crippen molar-refractivity contribution in [3.05, 3.63) is 63.4 Å². The van der Waals surface area contributed by atoms with E-state index in [0.717, 1.165) is 20.5 Å². The molecule has 3 aromatic rings. The Hall–Kier alpha value is -2.55. The van der Waals surface area contributed by atoms with E-state index in [4.69, 9.17) is 11.5 Å². The van der Waals surface area contributed by atoms with Crippen LogP contribution in [0.2, 0.25) is 0 Å². The third-order valence-corrected chi connectivity index (χ3v) is 5.02. The first-order valence-corrected chi connectivity index (χ1v) is 8.93. The summed E-state index contributed by atoms with van der Waals surface area (Å²) in [6.07, 6.45) is 0.668. The minimum atomic E-state index is -0.103. The number of hydrogen-bond donors (Lipinski definition) is 2. The van der Waals surface area contributed by atoms with E-state index >= 15 is 0 Å². The molecule has 126 valence electrons. The molecule has 1 amide bonds. The van der Waals surface area contributed by atoms with E-state index in [2.05, 4.69) is 27.7 Å². The lowest BCUT2D eigenvalue weighted by atomic mass is 10.0. The minimum absolute atomic E-state index is 0.103. The van der Waals surface area contributed by atoms with Crippen molar-refractivity contribution in [3.63, 3.8) is 0 Å². The lowest BCUT2D eigenvalue weighted by Gasteiger charge is -2.27. The molecular formula is C18H16IN5O. The summed E-state index contributed by atoms with van der Waals surface area (Å²) in [7, 11) is 0. The number of hydrogen-bond acceptors (Lipinski definition) is 4. The van der Waals surface area contributed by atoms with Gasteiger partial charge in [-0.3, -0.25) is 4.79 Å². The van der Waals surface area contributed by atoms with Crippen LogP contribution in [0.25, 0.3) is 5.69 Å². The van der Waals surface area contributed by atoms with E-state index in [1.165, 1.54) is 0 Å². The molecular weight excluding hydrogens is 429 g/mol. The van der Waals surface area contributed by atoms with Gasteiger partial charge >= 0.3 is 0 Å². The molecule has 0 atom stereocenters. The highest BCUT2D eigenvalue weighted by Crippen LogP contribution is 2.30. The third-order valence-electron chi connectivity index (χ3n) is 4.30. The standard InChI is InChI=1S/C18H16IN5O/c19-11-4-6-13(7-5-11)23-9-8-15-16(18(23)25)24(22-17(15)21)14-3-1-2-12(20)10-14/h1-7,10H,8-9,20H2,(H2,21,22). The molecule has 0 aliphatic carbocycles. The predicted molar refractivity (Wildman–Crippen MR) is 107 cm³/mol. The van der Waals surface area contributed by atoms with Gasteiger partial charge in [0.05, 0.1) is 5.69 Å². The zero-order valence-corrected chi connectivity index (χ0v) is 15.5. The summed E-state index contributed by atoms with van der Waals surface area (Å²) < 4.78 is 2.72. The molecule has 25 heavy (non-hydrogen) atoms. The lowest BCUT2D eigenvalue weighted by Crippen LogP contribution is -2.38. The summed E-state index contributed by atoms with van der Waals surface area (Å²) >= 11 is 2.25. The lowest BCUT2D eigenvalue weighted by molar-refractivity contribution is 0.0973. The average Bonchev–Trinajstić information content (AvgIpc) is 2.94. The fourth-order valence-electron chi connectivity index (χ4n) is 3.10. The zero-order chi connectivity index (χ0) is 17.6. The van der Waals surface area contributed by atoms with Crippen LogP contribution in [-0.2, 0) is 6.42 Å². The van der Waals surface area contributed by atoms with E-state index in [9.17, 15) is 4.79 Å². The molecule has 4 rings (SSSR count). The molecule has 2 heterocycles. The van der Waals surface area contributed by atoms with Crippen molar-refractivity contribution in [3.8, 4) is 5.69 Å². The van der Waals surface area contributed by atoms with Gasteiger partial charge in [-0.2, -0.15) is 0 Å². The number of carbonyl (C=O) groups is 1. The van der Waals surface area contributed by atoms with Gasteiger partial charge < -0.3 is 16.4 Å². The number of carbonyl (C=O) groups excluding carboxylic acids is 1. The second kappa shape index (κ2) is 6.07. The van der Waals surface area contributed by atoms with Crippen molar-refractivity contribution in [2.24, 2.45) is 0 Å². The second-order valence-corrected chi connectivity index (χ2v) is 7.15. The number of nitrogen functional groups attached to an aromatic ring is 2. The molecule has 0 fully saturated rings. The van der Waals surface area contributed by atoms with Gasteiger partial charge in [-0.25, -0.2) is 4.68 Å². The molecule has 0 bridgehead atoms. The van der Waals surface area contributed by atoms with Crippen LogP contribution in [0.3, 0.4) is 0 Å². The van der Waals surface area contributed by atoms with Crippen LogP contribution in [-0.4, -0.2) is 22.2 Å². The molecule has 1 aromatic heterocycles. The number of aromatic nitrogens is 2. The molecule has 0 unspecified atom stereocenters. The van der Waals surface area contributed by atoms with Crippen LogP contribution < -0.4 is 16.4 Å². The number of amides is 1. The van der Waals surface area contributed by atoms with Crippen LogP contribution in [0, 0.1) is 3.57 Å². The Balaban J connectivity index is 1.81. The fraction of sp³-hybridized carbons (Fsp3) is 0.111. The minimum Gasteiger partial charge on any atom is -0.399 e. The van der Waals surface area contributed by atoms with Crippen LogP contribution in [0.5, 0.6) is 0 Å². The van der Waals surface area contributed by atoms with Crippen LogP contribution >= 0.6 is 22.6 Å². The number of benzene rings is 2. The number of fused-ring (bicyclic) bond motifs is 1. The number of rotatable bonds is 2. The quantitative estimate of drug-likeness (QED) is 0.469. The van der Waals surface area contributed by atoms with Crippen molar-refractivity contribution in [2.45, 2.75) is 6.42 Å². The molecule has 0 saturated carbocycles. The van der Waals surface area contributed by atoms with Crippen LogP contribution in [0.15, 0.2) is 48.5 Å². The number of nitrogens with zero attached hydrogens (tertiary/aromatic N) is 3. The Labute approximate surface area is 158 Å². The number of anilines is 3. The van der Waals surface area contributed by atoms with Gasteiger partial charge in [-0.15, -0.1) is 5.10 Å². The first kappa shape index (κ1) is 15.9. The Morgan fingerprint density at radius 1 is 1.04 bits per heavy atom. The Morgan fingerprint density at radius 3 is 2.52 bits per heavy atom. The van der Waals surface area contributed by atoms with E-state index < -0.39 is 0 Å². The highest BCUT2D eigenvalue weighted by molar-refractivity contribution is 14.1. The zero-order valence-electron chi connectivity index (χ0n) is 13.3. The van der Waals surface area contributed by atoms with Gasteiger partial charge in [-0.1, -0.05) is 6.07 Å². The maximum Gasteiger partial charge on any atom is 0.277 e. The van der Waals surface area contributed by atoms with E-state index in [0.29, 0.717) is 30.2 Å². The highest BCUT2D eigenvalue weighted by Gasteiger charge is 2.32. The molecule has 0 radical (unpaired) electrons. The van der Waals surface area contributed by atoms with Crippen molar-refractivity contribution < 1.29 is 4.79 Å². The van der Waals surface area contributed by atoms with Gasteiger partial charge in [-0.05, 0) is 71.5 Å². The smallest absolute Gasteiger partial charge is 0.277 e. The molecule has 6 nitrogen and oxygen atoms in total. The van der Waals surface area contributed by atoms with Crippen LogP contribution in [0.4, 0.5) is 17.2 Å². The molecule has 1 aliphatic heterocycles. The van der Waals surface area contributed by atoms with Crippen molar-refractivity contribution in [2.75, 3.05) is 22.9 Å². The largest absolute Gasteiger partial charge is 0.399 e. The van der Waals surface area contributed by atoms with Gasteiger partial charge in [0.2, 0.25) is 0 Å². The fourth-order valence-corrected chi connectivity index (χ4v) is 3.46. The Bertz CT molecular complexity index is 964. The molecule has 0 spiro atoms. The molecule has 1 aliphatic rings. The summed E-state index contributed by atoms with van der Waals surface area (Å²) in [5, 5.41) is 4.39. The summed E-state index contributed by atoms with van der Waals surface area (Å²) in [5.41, 5.74) is 15.5. The van der Waals surface area contributed by atoms with E-state index in [1.807, 2.05) is 36.4 Å². The second-order valence-electron chi connectivity index (χ2n) is 5.90.